The molecule has 18 heavy (non-hydrogen) atoms. The van der Waals surface area contributed by atoms with Crippen LogP contribution in [0, 0.1) is 11.7 Å². The summed E-state index contributed by atoms with van der Waals surface area (Å²) in [5, 5.41) is 3.35. The molecule has 0 bridgehead atoms. The number of piperidine rings is 1. The van der Waals surface area contributed by atoms with Crippen LogP contribution in [-0.2, 0) is 6.54 Å². The molecule has 1 saturated heterocycles. The van der Waals surface area contributed by atoms with E-state index in [1.54, 1.807) is 12.1 Å². The lowest BCUT2D eigenvalue weighted by molar-refractivity contribution is 0.147. The summed E-state index contributed by atoms with van der Waals surface area (Å²) in [6.45, 7) is 5.49. The van der Waals surface area contributed by atoms with Crippen LogP contribution in [0.15, 0.2) is 24.3 Å². The van der Waals surface area contributed by atoms with Gasteiger partial charge < -0.3 is 5.32 Å². The van der Waals surface area contributed by atoms with E-state index < -0.39 is 0 Å². The van der Waals surface area contributed by atoms with Gasteiger partial charge in [-0.3, -0.25) is 4.90 Å². The molecule has 0 aliphatic carbocycles. The summed E-state index contributed by atoms with van der Waals surface area (Å²) in [7, 11) is 2.03. The molecule has 1 aliphatic heterocycles. The Morgan fingerprint density at radius 1 is 1.39 bits per heavy atom. The number of hydrogen-bond donors (Lipinski definition) is 1. The van der Waals surface area contributed by atoms with Crippen molar-refractivity contribution < 1.29 is 4.39 Å². The molecule has 1 fully saturated rings. The van der Waals surface area contributed by atoms with E-state index in [4.69, 9.17) is 0 Å². The lowest BCUT2D eigenvalue weighted by atomic mass is 9.91. The van der Waals surface area contributed by atoms with Crippen LogP contribution in [-0.4, -0.2) is 31.1 Å². The van der Waals surface area contributed by atoms with E-state index in [1.165, 1.54) is 18.4 Å². The summed E-state index contributed by atoms with van der Waals surface area (Å²) in [5.74, 6) is 0.572. The molecule has 1 heterocycles. The third-order valence-corrected chi connectivity index (χ3v) is 4.02. The molecule has 1 aromatic rings. The molecule has 100 valence electrons. The lowest BCUT2D eigenvalue weighted by Gasteiger charge is -2.35. The van der Waals surface area contributed by atoms with Gasteiger partial charge in [0.1, 0.15) is 5.82 Å². The maximum absolute atomic E-state index is 12.9. The van der Waals surface area contributed by atoms with Crippen molar-refractivity contribution in [3.05, 3.63) is 35.6 Å². The number of hydrogen-bond acceptors (Lipinski definition) is 2. The molecule has 0 radical (unpaired) electrons. The minimum Gasteiger partial charge on any atom is -0.317 e. The predicted molar refractivity (Wildman–Crippen MR) is 72.9 cm³/mol. The van der Waals surface area contributed by atoms with Crippen LogP contribution >= 0.6 is 0 Å². The van der Waals surface area contributed by atoms with Crippen LogP contribution in [0.2, 0.25) is 0 Å². The summed E-state index contributed by atoms with van der Waals surface area (Å²) in [6, 6.07) is 7.45. The largest absolute Gasteiger partial charge is 0.317 e. The second-order valence-electron chi connectivity index (χ2n) is 5.34. The fourth-order valence-electron chi connectivity index (χ4n) is 2.73. The molecule has 2 atom stereocenters. The SMILES string of the molecule is CNC(C)C1CCCN(Cc2ccc(F)cc2)C1. The fourth-order valence-corrected chi connectivity index (χ4v) is 2.73. The summed E-state index contributed by atoms with van der Waals surface area (Å²) >= 11 is 0. The van der Waals surface area contributed by atoms with Crippen molar-refractivity contribution >= 4 is 0 Å². The number of benzene rings is 1. The van der Waals surface area contributed by atoms with Crippen molar-refractivity contribution in [2.45, 2.75) is 32.4 Å². The lowest BCUT2D eigenvalue weighted by Crippen LogP contribution is -2.43. The summed E-state index contributed by atoms with van der Waals surface area (Å²) < 4.78 is 12.9. The van der Waals surface area contributed by atoms with Crippen LogP contribution < -0.4 is 5.32 Å². The summed E-state index contributed by atoms with van der Waals surface area (Å²) in [6.07, 6.45) is 2.57. The fraction of sp³-hybridized carbons (Fsp3) is 0.600. The van der Waals surface area contributed by atoms with E-state index in [9.17, 15) is 4.39 Å². The molecular formula is C15H23FN2. The van der Waals surface area contributed by atoms with E-state index in [0.717, 1.165) is 25.6 Å². The van der Waals surface area contributed by atoms with Gasteiger partial charge in [-0.15, -0.1) is 0 Å². The van der Waals surface area contributed by atoms with Crippen molar-refractivity contribution in [2.24, 2.45) is 5.92 Å². The maximum Gasteiger partial charge on any atom is 0.123 e. The molecule has 0 spiro atoms. The Bertz CT molecular complexity index is 363. The third-order valence-electron chi connectivity index (χ3n) is 4.02. The highest BCUT2D eigenvalue weighted by atomic mass is 19.1. The van der Waals surface area contributed by atoms with Crippen LogP contribution in [0.4, 0.5) is 4.39 Å². The molecule has 0 amide bonds. The molecule has 2 rings (SSSR count). The summed E-state index contributed by atoms with van der Waals surface area (Å²) in [4.78, 5) is 2.48. The van der Waals surface area contributed by atoms with Crippen LogP contribution in [0.1, 0.15) is 25.3 Å². The van der Waals surface area contributed by atoms with Gasteiger partial charge in [0.05, 0.1) is 0 Å². The van der Waals surface area contributed by atoms with E-state index in [2.05, 4.69) is 17.1 Å². The van der Waals surface area contributed by atoms with Crippen molar-refractivity contribution in [1.29, 1.82) is 0 Å². The van der Waals surface area contributed by atoms with Gasteiger partial charge in [0.25, 0.3) is 0 Å². The number of likely N-dealkylation sites (tertiary alicyclic amines) is 1. The molecular weight excluding hydrogens is 227 g/mol. The van der Waals surface area contributed by atoms with Crippen LogP contribution in [0.3, 0.4) is 0 Å². The molecule has 1 aromatic carbocycles. The Morgan fingerprint density at radius 2 is 2.11 bits per heavy atom. The molecule has 0 saturated carbocycles. The van der Waals surface area contributed by atoms with Gasteiger partial charge in [0.2, 0.25) is 0 Å². The Hall–Kier alpha value is -0.930. The van der Waals surface area contributed by atoms with E-state index in [0.29, 0.717) is 6.04 Å². The number of rotatable bonds is 4. The zero-order valence-corrected chi connectivity index (χ0v) is 11.3. The average molecular weight is 250 g/mol. The Labute approximate surface area is 109 Å². The zero-order chi connectivity index (χ0) is 13.0. The summed E-state index contributed by atoms with van der Waals surface area (Å²) in [5.41, 5.74) is 1.20. The molecule has 3 heteroatoms. The second-order valence-corrected chi connectivity index (χ2v) is 5.34. The molecule has 1 N–H and O–H groups in total. The third kappa shape index (κ3) is 3.53. The van der Waals surface area contributed by atoms with Gasteiger partial charge in [-0.1, -0.05) is 12.1 Å². The predicted octanol–water partition coefficient (Wildman–Crippen LogP) is 2.65. The first-order valence-corrected chi connectivity index (χ1v) is 6.83. The van der Waals surface area contributed by atoms with Crippen molar-refractivity contribution in [3.63, 3.8) is 0 Å². The molecule has 2 nitrogen and oxygen atoms in total. The monoisotopic (exact) mass is 250 g/mol. The van der Waals surface area contributed by atoms with E-state index in [-0.39, 0.29) is 5.82 Å². The first-order valence-electron chi connectivity index (χ1n) is 6.83. The zero-order valence-electron chi connectivity index (χ0n) is 11.3. The average Bonchev–Trinajstić information content (AvgIpc) is 2.41. The minimum absolute atomic E-state index is 0.154. The Kier molecular flexibility index (Phi) is 4.72. The second kappa shape index (κ2) is 6.30. The normalized spacial score (nSPS) is 22.9. The van der Waals surface area contributed by atoms with Crippen molar-refractivity contribution in [3.8, 4) is 0 Å². The Balaban J connectivity index is 1.91. The first kappa shape index (κ1) is 13.5. The van der Waals surface area contributed by atoms with Crippen molar-refractivity contribution in [1.82, 2.24) is 10.2 Å². The van der Waals surface area contributed by atoms with Gasteiger partial charge in [-0.25, -0.2) is 4.39 Å². The minimum atomic E-state index is -0.154. The van der Waals surface area contributed by atoms with Crippen LogP contribution in [0.5, 0.6) is 0 Å². The standard InChI is InChI=1S/C15H23FN2/c1-12(17-2)14-4-3-9-18(11-14)10-13-5-7-15(16)8-6-13/h5-8,12,14,17H,3-4,9-11H2,1-2H3. The van der Waals surface area contributed by atoms with E-state index in [1.807, 2.05) is 19.2 Å². The first-order chi connectivity index (χ1) is 8.69. The van der Waals surface area contributed by atoms with Crippen LogP contribution in [0.25, 0.3) is 0 Å². The smallest absolute Gasteiger partial charge is 0.123 e. The van der Waals surface area contributed by atoms with E-state index >= 15 is 0 Å². The topological polar surface area (TPSA) is 15.3 Å². The number of halogens is 1. The molecule has 1 aliphatic rings. The van der Waals surface area contributed by atoms with Gasteiger partial charge in [-0.05, 0) is 57.0 Å². The highest BCUT2D eigenvalue weighted by molar-refractivity contribution is 5.16. The number of nitrogens with one attached hydrogen (secondary N) is 1. The quantitative estimate of drug-likeness (QED) is 0.883. The van der Waals surface area contributed by atoms with Gasteiger partial charge >= 0.3 is 0 Å². The van der Waals surface area contributed by atoms with Gasteiger partial charge in [-0.2, -0.15) is 0 Å². The molecule has 2 unspecified atom stereocenters. The molecule has 0 aromatic heterocycles. The van der Waals surface area contributed by atoms with Gasteiger partial charge in [0, 0.05) is 19.1 Å². The highest BCUT2D eigenvalue weighted by Gasteiger charge is 2.23. The van der Waals surface area contributed by atoms with Gasteiger partial charge in [0.15, 0.2) is 0 Å². The van der Waals surface area contributed by atoms with Crippen molar-refractivity contribution in [2.75, 3.05) is 20.1 Å². The maximum atomic E-state index is 12.9. The number of nitrogens with zero attached hydrogens (tertiary/aromatic N) is 1. The highest BCUT2D eigenvalue weighted by Crippen LogP contribution is 2.21. The Morgan fingerprint density at radius 3 is 2.78 bits per heavy atom.